The summed E-state index contributed by atoms with van der Waals surface area (Å²) in [5, 5.41) is 1.08. The Kier molecular flexibility index (Phi) is 3.73. The van der Waals surface area contributed by atoms with E-state index in [0.717, 1.165) is 10.5 Å². The van der Waals surface area contributed by atoms with Crippen LogP contribution in [0.25, 0.3) is 20.8 Å². The van der Waals surface area contributed by atoms with E-state index in [1.807, 2.05) is 29.9 Å². The van der Waals surface area contributed by atoms with Gasteiger partial charge in [0, 0.05) is 6.07 Å². The number of aryl methyl sites for hydroxylation is 1. The van der Waals surface area contributed by atoms with Gasteiger partial charge in [-0.1, -0.05) is 12.1 Å². The normalized spacial score (nSPS) is 10.2. The molecular formula is C13H11IN2S. The summed E-state index contributed by atoms with van der Waals surface area (Å²) in [5.41, 5.74) is 2.25. The molecule has 1 aromatic carbocycles. The number of hydrogen-bond donors (Lipinski definition) is 0. The van der Waals surface area contributed by atoms with E-state index in [1.54, 1.807) is 11.3 Å². The van der Waals surface area contributed by atoms with Crippen LogP contribution in [0.1, 0.15) is 0 Å². The van der Waals surface area contributed by atoms with Gasteiger partial charge in [0.15, 0.2) is 12.4 Å². The van der Waals surface area contributed by atoms with Crippen LogP contribution in [0.3, 0.4) is 0 Å². The standard InChI is InChI=1S/C13H11N2S.HI/c1-15-8-4-5-10(9-15)13-14-11-6-2-3-7-12(11)16-13;/h2-9H,1H3;1H/q+1;/p-1. The average Bonchev–Trinajstić information content (AvgIpc) is 2.72. The maximum Gasteiger partial charge on any atom is 0.178 e. The molecule has 0 amide bonds. The number of rotatable bonds is 1. The molecule has 0 fully saturated rings. The van der Waals surface area contributed by atoms with Crippen LogP contribution in [-0.4, -0.2) is 4.98 Å². The number of nitrogens with zero attached hydrogens (tertiary/aromatic N) is 2. The first-order chi connectivity index (χ1) is 7.83. The molecule has 0 atom stereocenters. The van der Waals surface area contributed by atoms with Crippen molar-refractivity contribution < 1.29 is 28.5 Å². The van der Waals surface area contributed by atoms with Gasteiger partial charge >= 0.3 is 0 Å². The number of halogens is 1. The van der Waals surface area contributed by atoms with Gasteiger partial charge in [0.1, 0.15) is 12.1 Å². The summed E-state index contributed by atoms with van der Waals surface area (Å²) in [6, 6.07) is 12.4. The Bertz CT molecular complexity index is 615. The molecule has 2 nitrogen and oxygen atoms in total. The number of thiazole rings is 1. The minimum atomic E-state index is 0. The Morgan fingerprint density at radius 1 is 1.12 bits per heavy atom. The van der Waals surface area contributed by atoms with Crippen molar-refractivity contribution in [3.05, 3.63) is 48.8 Å². The first-order valence-electron chi connectivity index (χ1n) is 5.14. The van der Waals surface area contributed by atoms with E-state index >= 15 is 0 Å². The second kappa shape index (κ2) is 5.10. The van der Waals surface area contributed by atoms with Gasteiger partial charge in [-0.25, -0.2) is 9.55 Å². The van der Waals surface area contributed by atoms with E-state index in [0.29, 0.717) is 0 Å². The van der Waals surface area contributed by atoms with Crippen molar-refractivity contribution in [2.24, 2.45) is 7.05 Å². The largest absolute Gasteiger partial charge is 1.00 e. The average molecular weight is 354 g/mol. The monoisotopic (exact) mass is 354 g/mol. The summed E-state index contributed by atoms with van der Waals surface area (Å²) in [4.78, 5) is 4.63. The number of hydrogen-bond acceptors (Lipinski definition) is 2. The Hall–Kier alpha value is -1.01. The van der Waals surface area contributed by atoms with Gasteiger partial charge < -0.3 is 24.0 Å². The predicted octanol–water partition coefficient (Wildman–Crippen LogP) is -0.208. The zero-order valence-corrected chi connectivity index (χ0v) is 12.3. The smallest absolute Gasteiger partial charge is 0.178 e. The van der Waals surface area contributed by atoms with Gasteiger partial charge in [-0.3, -0.25) is 0 Å². The van der Waals surface area contributed by atoms with Crippen molar-refractivity contribution >= 4 is 21.6 Å². The minimum Gasteiger partial charge on any atom is -1.00 e. The van der Waals surface area contributed by atoms with Gasteiger partial charge in [0.25, 0.3) is 0 Å². The van der Waals surface area contributed by atoms with E-state index in [1.165, 1.54) is 10.3 Å². The molecule has 0 saturated carbocycles. The van der Waals surface area contributed by atoms with Crippen LogP contribution in [0, 0.1) is 0 Å². The highest BCUT2D eigenvalue weighted by Gasteiger charge is 2.07. The van der Waals surface area contributed by atoms with E-state index in [4.69, 9.17) is 0 Å². The van der Waals surface area contributed by atoms with Crippen LogP contribution in [0.4, 0.5) is 0 Å². The molecule has 0 spiro atoms. The summed E-state index contributed by atoms with van der Waals surface area (Å²) in [6.07, 6.45) is 4.12. The first-order valence-corrected chi connectivity index (χ1v) is 5.96. The molecule has 2 heterocycles. The molecule has 0 N–H and O–H groups in total. The van der Waals surface area contributed by atoms with Crippen molar-refractivity contribution in [2.75, 3.05) is 0 Å². The molecule has 0 bridgehead atoms. The van der Waals surface area contributed by atoms with Crippen LogP contribution < -0.4 is 28.5 Å². The van der Waals surface area contributed by atoms with Gasteiger partial charge in [-0.05, 0) is 18.2 Å². The molecule has 0 unspecified atom stereocenters. The van der Waals surface area contributed by atoms with E-state index in [9.17, 15) is 0 Å². The Morgan fingerprint density at radius 3 is 2.71 bits per heavy atom. The molecule has 4 heteroatoms. The van der Waals surface area contributed by atoms with Crippen LogP contribution in [0.5, 0.6) is 0 Å². The number of pyridine rings is 1. The van der Waals surface area contributed by atoms with Crippen molar-refractivity contribution in [3.8, 4) is 10.6 Å². The molecular weight excluding hydrogens is 343 g/mol. The number of aromatic nitrogens is 2. The summed E-state index contributed by atoms with van der Waals surface area (Å²) < 4.78 is 3.28. The topological polar surface area (TPSA) is 16.8 Å². The number of fused-ring (bicyclic) bond motifs is 1. The lowest BCUT2D eigenvalue weighted by atomic mass is 10.3. The van der Waals surface area contributed by atoms with Crippen molar-refractivity contribution in [3.63, 3.8) is 0 Å². The zero-order chi connectivity index (χ0) is 11.0. The van der Waals surface area contributed by atoms with Gasteiger partial charge in [0.2, 0.25) is 0 Å². The van der Waals surface area contributed by atoms with E-state index < -0.39 is 0 Å². The van der Waals surface area contributed by atoms with E-state index in [-0.39, 0.29) is 24.0 Å². The van der Waals surface area contributed by atoms with Gasteiger partial charge in [0.05, 0.1) is 15.8 Å². The summed E-state index contributed by atoms with van der Waals surface area (Å²) >= 11 is 1.73. The molecule has 17 heavy (non-hydrogen) atoms. The quantitative estimate of drug-likeness (QED) is 0.437. The molecule has 3 rings (SSSR count). The molecule has 0 aliphatic heterocycles. The minimum absolute atomic E-state index is 0. The van der Waals surface area contributed by atoms with E-state index in [2.05, 4.69) is 35.4 Å². The van der Waals surface area contributed by atoms with Gasteiger partial charge in [-0.2, -0.15) is 0 Å². The maximum absolute atomic E-state index is 4.63. The molecule has 0 aliphatic carbocycles. The lowest BCUT2D eigenvalue weighted by Crippen LogP contribution is -3.00. The summed E-state index contributed by atoms with van der Waals surface area (Å²) in [7, 11) is 2.02. The van der Waals surface area contributed by atoms with Crippen molar-refractivity contribution in [2.45, 2.75) is 0 Å². The highest BCUT2D eigenvalue weighted by molar-refractivity contribution is 7.21. The Balaban J connectivity index is 0.00000108. The summed E-state index contributed by atoms with van der Waals surface area (Å²) in [6.45, 7) is 0. The highest BCUT2D eigenvalue weighted by Crippen LogP contribution is 2.28. The maximum atomic E-state index is 4.63. The lowest BCUT2D eigenvalue weighted by Gasteiger charge is -1.92. The highest BCUT2D eigenvalue weighted by atomic mass is 127. The third kappa shape index (κ3) is 2.47. The molecule has 86 valence electrons. The summed E-state index contributed by atoms with van der Waals surface area (Å²) in [5.74, 6) is 0. The fourth-order valence-electron chi connectivity index (χ4n) is 1.71. The Labute approximate surface area is 121 Å². The fourth-order valence-corrected chi connectivity index (χ4v) is 2.67. The fraction of sp³-hybridized carbons (Fsp3) is 0.0769. The molecule has 0 aliphatic rings. The van der Waals surface area contributed by atoms with Crippen LogP contribution in [-0.2, 0) is 7.05 Å². The van der Waals surface area contributed by atoms with Crippen LogP contribution in [0.15, 0.2) is 48.8 Å². The van der Waals surface area contributed by atoms with Crippen molar-refractivity contribution in [1.82, 2.24) is 4.98 Å². The molecule has 3 aromatic rings. The Morgan fingerprint density at radius 2 is 1.94 bits per heavy atom. The SMILES string of the molecule is C[n+]1cccc(-c2nc3ccccc3s2)c1.[I-]. The lowest BCUT2D eigenvalue weighted by molar-refractivity contribution is -0.671. The molecule has 0 saturated heterocycles. The zero-order valence-electron chi connectivity index (χ0n) is 9.30. The second-order valence-corrected chi connectivity index (χ2v) is 4.78. The third-order valence-electron chi connectivity index (χ3n) is 2.48. The van der Waals surface area contributed by atoms with Crippen LogP contribution in [0.2, 0.25) is 0 Å². The van der Waals surface area contributed by atoms with Crippen molar-refractivity contribution in [1.29, 1.82) is 0 Å². The molecule has 2 aromatic heterocycles. The number of para-hydroxylation sites is 1. The van der Waals surface area contributed by atoms with Gasteiger partial charge in [-0.15, -0.1) is 11.3 Å². The number of benzene rings is 1. The first kappa shape index (κ1) is 12.4. The predicted molar refractivity (Wildman–Crippen MR) is 66.2 cm³/mol. The van der Waals surface area contributed by atoms with Crippen LogP contribution >= 0.6 is 11.3 Å². The third-order valence-corrected chi connectivity index (χ3v) is 3.57. The molecule has 0 radical (unpaired) electrons. The second-order valence-electron chi connectivity index (χ2n) is 3.74.